The van der Waals surface area contributed by atoms with Crippen molar-refractivity contribution in [1.82, 2.24) is 24.1 Å². The molecule has 0 aromatic carbocycles. The number of amides is 1. The zero-order valence-corrected chi connectivity index (χ0v) is 18.8. The van der Waals surface area contributed by atoms with Gasteiger partial charge in [-0.15, -0.1) is 0 Å². The predicted molar refractivity (Wildman–Crippen MR) is 125 cm³/mol. The summed E-state index contributed by atoms with van der Waals surface area (Å²) in [7, 11) is 1.75. The lowest BCUT2D eigenvalue weighted by atomic mass is 10.1. The van der Waals surface area contributed by atoms with Crippen LogP contribution in [0.5, 0.6) is 0 Å². The lowest BCUT2D eigenvalue weighted by Gasteiger charge is -2.13. The van der Waals surface area contributed by atoms with Crippen LogP contribution in [0.15, 0.2) is 36.8 Å². The number of carbonyl (C=O) groups excluding carboxylic acids is 1. The van der Waals surface area contributed by atoms with Gasteiger partial charge in [0, 0.05) is 49.7 Å². The number of primary amides is 1. The highest BCUT2D eigenvalue weighted by Gasteiger charge is 2.31. The molecule has 0 saturated carbocycles. The maximum absolute atomic E-state index is 14.4. The molecular weight excluding hydrogens is 441 g/mol. The van der Waals surface area contributed by atoms with Crippen molar-refractivity contribution in [1.29, 1.82) is 0 Å². The van der Waals surface area contributed by atoms with E-state index in [-0.39, 0.29) is 18.8 Å². The van der Waals surface area contributed by atoms with E-state index in [1.54, 1.807) is 17.8 Å². The van der Waals surface area contributed by atoms with Gasteiger partial charge in [-0.2, -0.15) is 9.61 Å². The molecule has 2 aliphatic heterocycles. The fraction of sp³-hybridized carbons (Fsp3) is 0.391. The monoisotopic (exact) mass is 467 g/mol. The Bertz CT molecular complexity index is 1320. The maximum Gasteiger partial charge on any atom is 0.254 e. The molecule has 2 fully saturated rings. The number of fused-ring (bicyclic) bond motifs is 2. The van der Waals surface area contributed by atoms with Crippen molar-refractivity contribution >= 4 is 28.4 Å². The second-order valence-electron chi connectivity index (χ2n) is 8.20. The first kappa shape index (κ1) is 22.2. The average molecular weight is 468 g/mol. The smallest absolute Gasteiger partial charge is 0.254 e. The average Bonchev–Trinajstić information content (AvgIpc) is 3.65. The van der Waals surface area contributed by atoms with Crippen molar-refractivity contribution in [3.8, 4) is 11.3 Å². The van der Waals surface area contributed by atoms with Crippen LogP contribution in [-0.4, -0.2) is 69.7 Å². The summed E-state index contributed by atoms with van der Waals surface area (Å²) in [5.74, 6) is 0.0223. The topological polar surface area (TPSA) is 122 Å². The Morgan fingerprint density at radius 2 is 2.06 bits per heavy atom. The number of aromatic nitrogens is 5. The highest BCUT2D eigenvalue weighted by atomic mass is 19.1. The van der Waals surface area contributed by atoms with Crippen LogP contribution in [0.25, 0.3) is 27.9 Å². The van der Waals surface area contributed by atoms with Crippen LogP contribution in [-0.2, 0) is 9.47 Å². The van der Waals surface area contributed by atoms with Gasteiger partial charge in [-0.3, -0.25) is 4.79 Å². The van der Waals surface area contributed by atoms with E-state index in [1.165, 1.54) is 23.6 Å². The molecule has 3 N–H and O–H groups in total. The highest BCUT2D eigenvalue weighted by Crippen LogP contribution is 2.35. The number of nitrogens with zero attached hydrogens (tertiary/aromatic N) is 5. The van der Waals surface area contributed by atoms with Crippen LogP contribution in [0.3, 0.4) is 0 Å². The van der Waals surface area contributed by atoms with E-state index in [2.05, 4.69) is 20.4 Å². The molecular formula is C23H26FN7O3. The highest BCUT2D eigenvalue weighted by molar-refractivity contribution is 6.00. The Balaban J connectivity index is 0.000000429. The molecule has 2 aliphatic rings. The third-order valence-electron chi connectivity index (χ3n) is 6.03. The molecule has 11 heteroatoms. The molecule has 2 unspecified atom stereocenters. The van der Waals surface area contributed by atoms with Gasteiger partial charge in [0.15, 0.2) is 5.65 Å². The Labute approximate surface area is 194 Å². The molecule has 6 heterocycles. The second-order valence-corrected chi connectivity index (χ2v) is 8.20. The Morgan fingerprint density at radius 3 is 2.71 bits per heavy atom. The van der Waals surface area contributed by atoms with E-state index in [0.717, 1.165) is 24.2 Å². The fourth-order valence-corrected chi connectivity index (χ4v) is 4.27. The van der Waals surface area contributed by atoms with E-state index < -0.39 is 18.1 Å². The number of nitrogens with two attached hydrogens (primary N) is 1. The number of pyridine rings is 1. The largest absolute Gasteiger partial charge is 0.381 e. The normalized spacial score (nSPS) is 19.9. The molecule has 0 radical (unpaired) electrons. The molecule has 10 nitrogen and oxygen atoms in total. The number of carbonyl (C=O) groups is 1. The summed E-state index contributed by atoms with van der Waals surface area (Å²) >= 11 is 0. The minimum Gasteiger partial charge on any atom is -0.381 e. The van der Waals surface area contributed by atoms with Crippen LogP contribution in [0, 0.1) is 0 Å². The molecule has 34 heavy (non-hydrogen) atoms. The van der Waals surface area contributed by atoms with Crippen LogP contribution in [0.1, 0.15) is 29.2 Å². The molecule has 0 aliphatic carbocycles. The molecule has 0 bridgehead atoms. The summed E-state index contributed by atoms with van der Waals surface area (Å²) in [6.45, 7) is 2.35. The molecule has 0 spiro atoms. The predicted octanol–water partition coefficient (Wildman–Crippen LogP) is 2.59. The maximum atomic E-state index is 14.4. The number of ether oxygens (including phenoxy) is 2. The van der Waals surface area contributed by atoms with Gasteiger partial charge in [-0.25, -0.2) is 14.4 Å². The molecule has 2 saturated heterocycles. The lowest BCUT2D eigenvalue weighted by Crippen LogP contribution is -2.18. The fourth-order valence-electron chi connectivity index (χ4n) is 4.27. The molecule has 2 atom stereocenters. The van der Waals surface area contributed by atoms with E-state index in [4.69, 9.17) is 15.2 Å². The third-order valence-corrected chi connectivity index (χ3v) is 6.03. The van der Waals surface area contributed by atoms with Crippen molar-refractivity contribution in [2.45, 2.75) is 25.1 Å². The van der Waals surface area contributed by atoms with Gasteiger partial charge in [-0.05, 0) is 25.0 Å². The number of hydrogen-bond donors (Lipinski definition) is 2. The SMILES string of the molecule is C1CCOC1.CNc1cc(-c2cn(C3COCC3F)c3ncccc23)nc2c(C(N)=O)cnn12. The van der Waals surface area contributed by atoms with E-state index in [0.29, 0.717) is 22.8 Å². The van der Waals surface area contributed by atoms with Gasteiger partial charge in [0.05, 0.1) is 31.1 Å². The van der Waals surface area contributed by atoms with Gasteiger partial charge in [0.2, 0.25) is 0 Å². The molecule has 1 amide bonds. The summed E-state index contributed by atoms with van der Waals surface area (Å²) in [5, 5.41) is 8.07. The lowest BCUT2D eigenvalue weighted by molar-refractivity contribution is 0.100. The van der Waals surface area contributed by atoms with Crippen LogP contribution < -0.4 is 11.1 Å². The van der Waals surface area contributed by atoms with Gasteiger partial charge in [0.25, 0.3) is 5.91 Å². The first-order valence-corrected chi connectivity index (χ1v) is 11.2. The summed E-state index contributed by atoms with van der Waals surface area (Å²) in [5.41, 5.74) is 8.05. The Hall–Kier alpha value is -3.57. The number of hydrogen-bond acceptors (Lipinski definition) is 7. The number of rotatable bonds is 4. The van der Waals surface area contributed by atoms with Gasteiger partial charge in [0.1, 0.15) is 23.2 Å². The van der Waals surface area contributed by atoms with Crippen molar-refractivity contribution in [2.75, 3.05) is 38.8 Å². The zero-order chi connectivity index (χ0) is 23.7. The van der Waals surface area contributed by atoms with E-state index in [1.807, 2.05) is 24.4 Å². The van der Waals surface area contributed by atoms with Crippen molar-refractivity contribution in [3.05, 3.63) is 42.4 Å². The summed E-state index contributed by atoms with van der Waals surface area (Å²) in [6.07, 6.45) is 6.34. The van der Waals surface area contributed by atoms with E-state index >= 15 is 0 Å². The number of alkyl halides is 1. The number of nitrogens with one attached hydrogen (secondary N) is 1. The molecule has 178 valence electrons. The Morgan fingerprint density at radius 1 is 1.24 bits per heavy atom. The molecule has 4 aromatic rings. The second kappa shape index (κ2) is 9.35. The molecule has 6 rings (SSSR count). The number of halogens is 1. The first-order valence-electron chi connectivity index (χ1n) is 11.2. The van der Waals surface area contributed by atoms with Crippen molar-refractivity contribution < 1.29 is 18.7 Å². The number of anilines is 1. The van der Waals surface area contributed by atoms with Crippen LogP contribution in [0.2, 0.25) is 0 Å². The summed E-state index contributed by atoms with van der Waals surface area (Å²) in [4.78, 5) is 20.9. The van der Waals surface area contributed by atoms with Crippen molar-refractivity contribution in [2.24, 2.45) is 5.73 Å². The minimum absolute atomic E-state index is 0.0679. The van der Waals surface area contributed by atoms with E-state index in [9.17, 15) is 9.18 Å². The standard InChI is InChI=1S/C19H18FN7O2.C4H8O/c1-22-16-5-14(25-19-11(17(21)28)6-24-27(16)19)12-7-26(15-9-29-8-13(15)20)18-10(12)3-2-4-23-18;1-2-4-5-3-1/h2-7,13,15,22H,8-9H2,1H3,(H2,21,28);1-4H2. The van der Waals surface area contributed by atoms with Crippen LogP contribution >= 0.6 is 0 Å². The minimum atomic E-state index is -1.11. The molecule has 4 aromatic heterocycles. The first-order chi connectivity index (χ1) is 16.6. The van der Waals surface area contributed by atoms with Crippen LogP contribution in [0.4, 0.5) is 10.2 Å². The van der Waals surface area contributed by atoms with Gasteiger partial charge < -0.3 is 25.1 Å². The Kier molecular flexibility index (Phi) is 6.12. The third kappa shape index (κ3) is 3.97. The van der Waals surface area contributed by atoms with Crippen molar-refractivity contribution in [3.63, 3.8) is 0 Å². The summed E-state index contributed by atoms with van der Waals surface area (Å²) in [6, 6.07) is 5.09. The van der Waals surface area contributed by atoms with Gasteiger partial charge >= 0.3 is 0 Å². The van der Waals surface area contributed by atoms with Gasteiger partial charge in [-0.1, -0.05) is 0 Å². The summed E-state index contributed by atoms with van der Waals surface area (Å²) < 4.78 is 27.9. The zero-order valence-electron chi connectivity index (χ0n) is 18.8. The quantitative estimate of drug-likeness (QED) is 0.473.